The second-order valence-corrected chi connectivity index (χ2v) is 6.23. The number of rotatable bonds is 5. The van der Waals surface area contributed by atoms with Crippen molar-refractivity contribution >= 4 is 5.69 Å². The molecule has 1 aliphatic carbocycles. The Kier molecular flexibility index (Phi) is 4.95. The molecular weight excluding hydrogens is 264 g/mol. The van der Waals surface area contributed by atoms with E-state index in [9.17, 15) is 15.4 Å². The Morgan fingerprint density at radius 1 is 1.43 bits per heavy atom. The highest BCUT2D eigenvalue weighted by Crippen LogP contribution is 2.42. The van der Waals surface area contributed by atoms with Gasteiger partial charge < -0.3 is 0 Å². The standard InChI is InChI=1S/C17H22N2O2/c1-2-4-14-7-9-17(13-18,10-8-14)12-15-5-3-6-16(11-15)19(20)21/h3,5-6,11,14H,2,4,7-10,12H2,1H3. The van der Waals surface area contributed by atoms with Gasteiger partial charge in [-0.3, -0.25) is 10.1 Å². The van der Waals surface area contributed by atoms with Gasteiger partial charge in [0.2, 0.25) is 0 Å². The van der Waals surface area contributed by atoms with Crippen molar-refractivity contribution in [2.45, 2.75) is 51.9 Å². The highest BCUT2D eigenvalue weighted by molar-refractivity contribution is 5.35. The molecule has 1 fully saturated rings. The maximum Gasteiger partial charge on any atom is 0.269 e. The first-order valence-corrected chi connectivity index (χ1v) is 7.73. The van der Waals surface area contributed by atoms with Crippen LogP contribution in [0.4, 0.5) is 5.69 Å². The largest absolute Gasteiger partial charge is 0.269 e. The van der Waals surface area contributed by atoms with Gasteiger partial charge >= 0.3 is 0 Å². The quantitative estimate of drug-likeness (QED) is 0.585. The molecule has 0 N–H and O–H groups in total. The van der Waals surface area contributed by atoms with Crippen LogP contribution in [0.3, 0.4) is 0 Å². The fourth-order valence-corrected chi connectivity index (χ4v) is 3.43. The van der Waals surface area contributed by atoms with Gasteiger partial charge in [0, 0.05) is 12.1 Å². The van der Waals surface area contributed by atoms with E-state index in [0.717, 1.165) is 37.2 Å². The van der Waals surface area contributed by atoms with Crippen LogP contribution in [0.25, 0.3) is 0 Å². The molecule has 4 nitrogen and oxygen atoms in total. The Morgan fingerprint density at radius 3 is 2.71 bits per heavy atom. The molecule has 0 spiro atoms. The number of benzene rings is 1. The summed E-state index contributed by atoms with van der Waals surface area (Å²) < 4.78 is 0. The summed E-state index contributed by atoms with van der Waals surface area (Å²) in [7, 11) is 0. The summed E-state index contributed by atoms with van der Waals surface area (Å²) in [5.74, 6) is 0.751. The molecule has 1 aliphatic rings. The zero-order chi connectivity index (χ0) is 15.3. The van der Waals surface area contributed by atoms with E-state index in [-0.39, 0.29) is 16.0 Å². The Bertz CT molecular complexity index is 540. The summed E-state index contributed by atoms with van der Waals surface area (Å²) in [4.78, 5) is 10.5. The average molecular weight is 286 g/mol. The van der Waals surface area contributed by atoms with Gasteiger partial charge in [-0.2, -0.15) is 5.26 Å². The Labute approximate surface area is 125 Å². The lowest BCUT2D eigenvalue weighted by atomic mass is 9.67. The van der Waals surface area contributed by atoms with Crippen LogP contribution in [0.5, 0.6) is 0 Å². The lowest BCUT2D eigenvalue weighted by molar-refractivity contribution is -0.384. The van der Waals surface area contributed by atoms with Gasteiger partial charge in [0.15, 0.2) is 0 Å². The minimum absolute atomic E-state index is 0.111. The van der Waals surface area contributed by atoms with Crippen LogP contribution < -0.4 is 0 Å². The maximum atomic E-state index is 10.9. The molecule has 0 atom stereocenters. The number of hydrogen-bond acceptors (Lipinski definition) is 3. The summed E-state index contributed by atoms with van der Waals surface area (Å²) in [5, 5.41) is 20.5. The van der Waals surface area contributed by atoms with Gasteiger partial charge in [-0.15, -0.1) is 0 Å². The van der Waals surface area contributed by atoms with E-state index in [1.165, 1.54) is 18.9 Å². The number of non-ortho nitro benzene ring substituents is 1. The third-order valence-electron chi connectivity index (χ3n) is 4.66. The van der Waals surface area contributed by atoms with E-state index in [1.807, 2.05) is 6.07 Å². The van der Waals surface area contributed by atoms with E-state index in [1.54, 1.807) is 12.1 Å². The van der Waals surface area contributed by atoms with Crippen LogP contribution in [-0.2, 0) is 6.42 Å². The molecule has 2 rings (SSSR count). The first-order chi connectivity index (χ1) is 10.1. The van der Waals surface area contributed by atoms with Crippen molar-refractivity contribution in [3.63, 3.8) is 0 Å². The van der Waals surface area contributed by atoms with Gasteiger partial charge in [0.05, 0.1) is 16.4 Å². The summed E-state index contributed by atoms with van der Waals surface area (Å²) in [5.41, 5.74) is 0.680. The van der Waals surface area contributed by atoms with Gasteiger partial charge in [-0.1, -0.05) is 31.9 Å². The SMILES string of the molecule is CCCC1CCC(C#N)(Cc2cccc([N+](=O)[O-])c2)CC1. The predicted octanol–water partition coefficient (Wildman–Crippen LogP) is 4.64. The third-order valence-corrected chi connectivity index (χ3v) is 4.66. The first kappa shape index (κ1) is 15.5. The Balaban J connectivity index is 2.08. The summed E-state index contributed by atoms with van der Waals surface area (Å²) in [6, 6.07) is 9.22. The molecule has 0 saturated heterocycles. The van der Waals surface area contributed by atoms with Gasteiger partial charge in [-0.05, 0) is 43.6 Å². The molecule has 0 aromatic heterocycles. The average Bonchev–Trinajstić information content (AvgIpc) is 2.50. The van der Waals surface area contributed by atoms with Crippen molar-refractivity contribution in [2.24, 2.45) is 11.3 Å². The second kappa shape index (κ2) is 6.71. The van der Waals surface area contributed by atoms with Crippen LogP contribution >= 0.6 is 0 Å². The fraction of sp³-hybridized carbons (Fsp3) is 0.588. The molecule has 0 aliphatic heterocycles. The minimum atomic E-state index is -0.374. The molecule has 0 bridgehead atoms. The smallest absolute Gasteiger partial charge is 0.258 e. The highest BCUT2D eigenvalue weighted by Gasteiger charge is 2.35. The van der Waals surface area contributed by atoms with Gasteiger partial charge in [-0.25, -0.2) is 0 Å². The lowest BCUT2D eigenvalue weighted by Gasteiger charge is -2.35. The fourth-order valence-electron chi connectivity index (χ4n) is 3.43. The molecular formula is C17H22N2O2. The highest BCUT2D eigenvalue weighted by atomic mass is 16.6. The molecule has 1 saturated carbocycles. The van der Waals surface area contributed by atoms with Crippen molar-refractivity contribution in [1.82, 2.24) is 0 Å². The van der Waals surface area contributed by atoms with Gasteiger partial charge in [0.1, 0.15) is 0 Å². The summed E-state index contributed by atoms with van der Waals surface area (Å²) >= 11 is 0. The van der Waals surface area contributed by atoms with E-state index >= 15 is 0 Å². The predicted molar refractivity (Wildman–Crippen MR) is 81.7 cm³/mol. The lowest BCUT2D eigenvalue weighted by Crippen LogP contribution is -2.28. The Hall–Kier alpha value is -1.89. The number of nitrogens with zero attached hydrogens (tertiary/aromatic N) is 2. The number of nitriles is 1. The molecule has 0 radical (unpaired) electrons. The zero-order valence-corrected chi connectivity index (χ0v) is 12.5. The van der Waals surface area contributed by atoms with Crippen LogP contribution in [0.2, 0.25) is 0 Å². The van der Waals surface area contributed by atoms with Crippen LogP contribution in [-0.4, -0.2) is 4.92 Å². The summed E-state index contributed by atoms with van der Waals surface area (Å²) in [6.07, 6.45) is 7.12. The molecule has 0 unspecified atom stereocenters. The number of nitro benzene ring substituents is 1. The molecule has 4 heteroatoms. The monoisotopic (exact) mass is 286 g/mol. The van der Waals surface area contributed by atoms with E-state index in [2.05, 4.69) is 13.0 Å². The molecule has 21 heavy (non-hydrogen) atoms. The maximum absolute atomic E-state index is 10.9. The molecule has 112 valence electrons. The van der Waals surface area contributed by atoms with Crippen molar-refractivity contribution < 1.29 is 4.92 Å². The van der Waals surface area contributed by atoms with Crippen LogP contribution in [0.15, 0.2) is 24.3 Å². The van der Waals surface area contributed by atoms with Crippen LogP contribution in [0.1, 0.15) is 51.0 Å². The topological polar surface area (TPSA) is 66.9 Å². The van der Waals surface area contributed by atoms with Crippen molar-refractivity contribution in [1.29, 1.82) is 5.26 Å². The normalized spacial score (nSPS) is 25.2. The molecule has 0 heterocycles. The van der Waals surface area contributed by atoms with Crippen molar-refractivity contribution in [2.75, 3.05) is 0 Å². The van der Waals surface area contributed by atoms with Crippen molar-refractivity contribution in [3.8, 4) is 6.07 Å². The van der Waals surface area contributed by atoms with E-state index < -0.39 is 0 Å². The number of nitro groups is 1. The first-order valence-electron chi connectivity index (χ1n) is 7.73. The van der Waals surface area contributed by atoms with Gasteiger partial charge in [0.25, 0.3) is 5.69 Å². The molecule has 1 aromatic rings. The molecule has 0 amide bonds. The van der Waals surface area contributed by atoms with Crippen molar-refractivity contribution in [3.05, 3.63) is 39.9 Å². The van der Waals surface area contributed by atoms with E-state index in [0.29, 0.717) is 6.42 Å². The van der Waals surface area contributed by atoms with Crippen LogP contribution in [0, 0.1) is 32.8 Å². The minimum Gasteiger partial charge on any atom is -0.258 e. The third kappa shape index (κ3) is 3.81. The summed E-state index contributed by atoms with van der Waals surface area (Å²) in [6.45, 7) is 2.20. The van der Waals surface area contributed by atoms with E-state index in [4.69, 9.17) is 0 Å². The zero-order valence-electron chi connectivity index (χ0n) is 12.5. The Morgan fingerprint density at radius 2 is 2.14 bits per heavy atom. The molecule has 1 aromatic carbocycles. The second-order valence-electron chi connectivity index (χ2n) is 6.23. The number of hydrogen-bond donors (Lipinski definition) is 0.